The highest BCUT2D eigenvalue weighted by molar-refractivity contribution is 6.09. The predicted molar refractivity (Wildman–Crippen MR) is 189 cm³/mol. The summed E-state index contributed by atoms with van der Waals surface area (Å²) in [5.41, 5.74) is 4.46. The van der Waals surface area contributed by atoms with E-state index < -0.39 is 11.8 Å². The van der Waals surface area contributed by atoms with Crippen LogP contribution in [0.4, 0.5) is 10.1 Å². The van der Waals surface area contributed by atoms with Crippen LogP contribution in [0.2, 0.25) is 0 Å². The van der Waals surface area contributed by atoms with Crippen molar-refractivity contribution in [2.75, 3.05) is 51.8 Å². The highest BCUT2D eigenvalue weighted by Crippen LogP contribution is 2.38. The normalized spacial score (nSPS) is 12.9. The number of halogens is 1. The highest BCUT2D eigenvalue weighted by Gasteiger charge is 2.24. The molecule has 1 aliphatic rings. The Morgan fingerprint density at radius 2 is 1.43 bits per heavy atom. The van der Waals surface area contributed by atoms with E-state index in [9.17, 15) is 19.5 Å². The molecule has 5 aromatic carbocycles. The van der Waals surface area contributed by atoms with Gasteiger partial charge in [-0.05, 0) is 64.5 Å². The van der Waals surface area contributed by atoms with Crippen molar-refractivity contribution in [1.29, 1.82) is 0 Å². The topological polar surface area (TPSA) is 90.4 Å². The van der Waals surface area contributed by atoms with E-state index in [1.54, 1.807) is 67.5 Å². The van der Waals surface area contributed by atoms with E-state index >= 15 is 4.39 Å². The van der Waals surface area contributed by atoms with E-state index in [0.29, 0.717) is 48.3 Å². The molecule has 0 aliphatic carbocycles. The number of carbonyl (C=O) groups excluding carboxylic acids is 3. The van der Waals surface area contributed by atoms with Crippen molar-refractivity contribution < 1.29 is 28.6 Å². The molecule has 9 heteroatoms. The molecular formula is C40H36FN3O5. The summed E-state index contributed by atoms with van der Waals surface area (Å²) >= 11 is 0. The number of amides is 2. The molecule has 0 spiro atoms. The second kappa shape index (κ2) is 14.0. The van der Waals surface area contributed by atoms with Gasteiger partial charge in [0.15, 0.2) is 0 Å². The number of esters is 1. The number of carbonyl (C=O) groups is 3. The molecule has 248 valence electrons. The molecule has 1 aliphatic heterocycles. The number of benzene rings is 5. The van der Waals surface area contributed by atoms with E-state index in [0.717, 1.165) is 22.2 Å². The van der Waals surface area contributed by atoms with E-state index in [-0.39, 0.29) is 35.3 Å². The zero-order valence-corrected chi connectivity index (χ0v) is 27.4. The quantitative estimate of drug-likeness (QED) is 0.142. The standard InChI is InChI=1S/C40H36FN3O5/c1-4-23-49-40(48)28-13-16-30(17-14-28)43-19-21-44(22-20-43)38(46)29-15-18-31(36(41)24-29)26-9-11-27(12-10-26)34-25-35(39(47)42(2)3)37(45)33-8-6-5-7-32(33)34/h4-18,24-25,45H,1,19-23H2,2-3H3. The van der Waals surface area contributed by atoms with Gasteiger partial charge in [0.05, 0.1) is 11.1 Å². The van der Waals surface area contributed by atoms with Gasteiger partial charge in [-0.2, -0.15) is 0 Å². The van der Waals surface area contributed by atoms with Crippen molar-refractivity contribution in [2.45, 2.75) is 0 Å². The monoisotopic (exact) mass is 657 g/mol. The van der Waals surface area contributed by atoms with E-state index in [2.05, 4.69) is 11.5 Å². The summed E-state index contributed by atoms with van der Waals surface area (Å²) in [4.78, 5) is 43.5. The lowest BCUT2D eigenvalue weighted by Crippen LogP contribution is -2.48. The second-order valence-corrected chi connectivity index (χ2v) is 12.1. The summed E-state index contributed by atoms with van der Waals surface area (Å²) in [7, 11) is 3.27. The summed E-state index contributed by atoms with van der Waals surface area (Å²) in [5.74, 6) is -1.52. The zero-order chi connectivity index (χ0) is 34.7. The van der Waals surface area contributed by atoms with E-state index in [1.807, 2.05) is 42.5 Å². The number of piperazine rings is 1. The van der Waals surface area contributed by atoms with Crippen molar-refractivity contribution in [1.82, 2.24) is 9.80 Å². The fraction of sp³-hybridized carbons (Fsp3) is 0.175. The van der Waals surface area contributed by atoms with Crippen LogP contribution >= 0.6 is 0 Å². The number of nitrogens with zero attached hydrogens (tertiary/aromatic N) is 3. The third-order valence-corrected chi connectivity index (χ3v) is 8.74. The Bertz CT molecular complexity index is 2050. The van der Waals surface area contributed by atoms with E-state index in [4.69, 9.17) is 4.74 Å². The van der Waals surface area contributed by atoms with Crippen molar-refractivity contribution in [2.24, 2.45) is 0 Å². The Hall–Kier alpha value is -5.96. The molecule has 0 aromatic heterocycles. The van der Waals surface area contributed by atoms with Gasteiger partial charge in [-0.25, -0.2) is 9.18 Å². The third-order valence-electron chi connectivity index (χ3n) is 8.74. The molecule has 8 nitrogen and oxygen atoms in total. The number of phenolic OH excluding ortho intramolecular Hbond substituents is 1. The van der Waals surface area contributed by atoms with Crippen molar-refractivity contribution in [3.8, 4) is 28.0 Å². The maximum absolute atomic E-state index is 15.5. The summed E-state index contributed by atoms with van der Waals surface area (Å²) < 4.78 is 20.6. The van der Waals surface area contributed by atoms with Gasteiger partial charge in [0, 0.05) is 62.5 Å². The number of fused-ring (bicyclic) bond motifs is 1. The molecule has 0 radical (unpaired) electrons. The molecule has 1 fully saturated rings. The van der Waals surface area contributed by atoms with Crippen LogP contribution in [0.1, 0.15) is 31.1 Å². The van der Waals surface area contributed by atoms with Crippen LogP contribution in [-0.2, 0) is 4.74 Å². The Labute approximate surface area is 284 Å². The van der Waals surface area contributed by atoms with Gasteiger partial charge in [0.25, 0.3) is 11.8 Å². The molecular weight excluding hydrogens is 621 g/mol. The van der Waals surface area contributed by atoms with Gasteiger partial charge in [-0.3, -0.25) is 9.59 Å². The molecule has 5 aromatic rings. The molecule has 2 amide bonds. The zero-order valence-electron chi connectivity index (χ0n) is 27.4. The first-order valence-corrected chi connectivity index (χ1v) is 15.9. The summed E-state index contributed by atoms with van der Waals surface area (Å²) in [6, 6.07) is 28.1. The first-order valence-electron chi connectivity index (χ1n) is 15.9. The van der Waals surface area contributed by atoms with Gasteiger partial charge < -0.3 is 24.5 Å². The van der Waals surface area contributed by atoms with E-state index in [1.165, 1.54) is 17.0 Å². The number of rotatable bonds is 8. The smallest absolute Gasteiger partial charge is 0.338 e. The molecule has 0 unspecified atom stereocenters. The largest absolute Gasteiger partial charge is 0.506 e. The second-order valence-electron chi connectivity index (χ2n) is 12.1. The molecule has 49 heavy (non-hydrogen) atoms. The van der Waals surface area contributed by atoms with Crippen LogP contribution in [0, 0.1) is 5.82 Å². The highest BCUT2D eigenvalue weighted by atomic mass is 19.1. The molecule has 6 rings (SSSR count). The summed E-state index contributed by atoms with van der Waals surface area (Å²) in [6.07, 6.45) is 1.52. The number of anilines is 1. The minimum absolute atomic E-state index is 0.0664. The van der Waals surface area contributed by atoms with Crippen molar-refractivity contribution in [3.63, 3.8) is 0 Å². The molecule has 1 N–H and O–H groups in total. The maximum atomic E-state index is 15.5. The lowest BCUT2D eigenvalue weighted by molar-refractivity contribution is 0.0549. The average Bonchev–Trinajstić information content (AvgIpc) is 3.13. The fourth-order valence-electron chi connectivity index (χ4n) is 6.09. The van der Waals surface area contributed by atoms with Gasteiger partial charge in [0.2, 0.25) is 0 Å². The summed E-state index contributed by atoms with van der Waals surface area (Å²) in [5, 5.41) is 12.2. The van der Waals surface area contributed by atoms with Crippen molar-refractivity contribution >= 4 is 34.2 Å². The Morgan fingerprint density at radius 1 is 0.816 bits per heavy atom. The van der Waals surface area contributed by atoms with Crippen LogP contribution in [0.15, 0.2) is 110 Å². The first-order chi connectivity index (χ1) is 23.7. The predicted octanol–water partition coefficient (Wildman–Crippen LogP) is 7.03. The van der Waals surface area contributed by atoms with Crippen LogP contribution < -0.4 is 4.90 Å². The number of ether oxygens (including phenoxy) is 1. The van der Waals surface area contributed by atoms with Gasteiger partial charge in [-0.1, -0.05) is 67.3 Å². The molecule has 0 bridgehead atoms. The van der Waals surface area contributed by atoms with Crippen LogP contribution in [-0.4, -0.2) is 79.6 Å². The maximum Gasteiger partial charge on any atom is 0.338 e. The van der Waals surface area contributed by atoms with Gasteiger partial charge >= 0.3 is 5.97 Å². The molecule has 0 saturated carbocycles. The number of hydrogen-bond donors (Lipinski definition) is 1. The lowest BCUT2D eigenvalue weighted by atomic mass is 9.93. The third kappa shape index (κ3) is 6.73. The number of hydrogen-bond acceptors (Lipinski definition) is 6. The van der Waals surface area contributed by atoms with Gasteiger partial charge in [-0.15, -0.1) is 0 Å². The van der Waals surface area contributed by atoms with Crippen LogP contribution in [0.3, 0.4) is 0 Å². The summed E-state index contributed by atoms with van der Waals surface area (Å²) in [6.45, 7) is 5.84. The minimum atomic E-state index is -0.502. The Morgan fingerprint density at radius 3 is 2.04 bits per heavy atom. The Kier molecular flexibility index (Phi) is 9.44. The van der Waals surface area contributed by atoms with Crippen LogP contribution in [0.25, 0.3) is 33.0 Å². The molecule has 0 atom stereocenters. The molecule has 1 saturated heterocycles. The number of aromatic hydroxyl groups is 1. The SMILES string of the molecule is C=CCOC(=O)c1ccc(N2CCN(C(=O)c3ccc(-c4ccc(-c5cc(C(=O)N(C)C)c(O)c6ccccc56)cc4)c(F)c3)CC2)cc1. The first kappa shape index (κ1) is 33.0. The fourth-order valence-corrected chi connectivity index (χ4v) is 6.09. The number of phenols is 1. The minimum Gasteiger partial charge on any atom is -0.506 e. The van der Waals surface area contributed by atoms with Crippen molar-refractivity contribution in [3.05, 3.63) is 132 Å². The average molecular weight is 658 g/mol. The Balaban J connectivity index is 1.15. The lowest BCUT2D eigenvalue weighted by Gasteiger charge is -2.36. The van der Waals surface area contributed by atoms with Gasteiger partial charge in [0.1, 0.15) is 18.2 Å². The molecule has 1 heterocycles. The van der Waals surface area contributed by atoms with Crippen LogP contribution in [0.5, 0.6) is 5.75 Å².